The minimum absolute atomic E-state index is 0.00320. The molecule has 3 aromatic rings. The molecule has 1 aromatic heterocycles. The molecule has 5 rings (SSSR count). The van der Waals surface area contributed by atoms with Crippen molar-refractivity contribution in [3.63, 3.8) is 0 Å². The maximum absolute atomic E-state index is 12.7. The Labute approximate surface area is 199 Å². The van der Waals surface area contributed by atoms with Crippen molar-refractivity contribution in [2.75, 3.05) is 51.3 Å². The van der Waals surface area contributed by atoms with Crippen molar-refractivity contribution in [1.29, 1.82) is 0 Å². The van der Waals surface area contributed by atoms with Gasteiger partial charge in [0.1, 0.15) is 11.6 Å². The number of carbonyl (C=O) groups excluding carboxylic acids is 1. The molecule has 8 nitrogen and oxygen atoms in total. The summed E-state index contributed by atoms with van der Waals surface area (Å²) in [5, 5.41) is 3.60. The van der Waals surface area contributed by atoms with Crippen LogP contribution in [0.25, 0.3) is 10.9 Å². The van der Waals surface area contributed by atoms with Gasteiger partial charge in [-0.25, -0.2) is 4.98 Å². The molecule has 0 unspecified atom stereocenters. The van der Waals surface area contributed by atoms with E-state index in [-0.39, 0.29) is 11.5 Å². The van der Waals surface area contributed by atoms with Crippen molar-refractivity contribution >= 4 is 22.5 Å². The maximum Gasteiger partial charge on any atom is 0.261 e. The average molecular weight is 462 g/mol. The first-order chi connectivity index (χ1) is 16.6. The molecule has 0 aliphatic carbocycles. The zero-order chi connectivity index (χ0) is 23.5. The first kappa shape index (κ1) is 22.4. The van der Waals surface area contributed by atoms with E-state index >= 15 is 0 Å². The Morgan fingerprint density at radius 2 is 1.85 bits per heavy atom. The zero-order valence-corrected chi connectivity index (χ0v) is 19.6. The molecule has 2 aliphatic rings. The van der Waals surface area contributed by atoms with Crippen molar-refractivity contribution in [2.45, 2.75) is 25.8 Å². The fourth-order valence-electron chi connectivity index (χ4n) is 4.85. The van der Waals surface area contributed by atoms with Crippen LogP contribution >= 0.6 is 0 Å². The number of fused-ring (bicyclic) bond motifs is 2. The second kappa shape index (κ2) is 9.85. The Balaban J connectivity index is 1.08. The Morgan fingerprint density at radius 1 is 1.06 bits per heavy atom. The van der Waals surface area contributed by atoms with Gasteiger partial charge in [-0.2, -0.15) is 0 Å². The Kier molecular flexibility index (Phi) is 6.49. The molecule has 1 fully saturated rings. The molecule has 0 spiro atoms. The normalized spacial score (nSPS) is 16.0. The Hall–Kier alpha value is -3.39. The Morgan fingerprint density at radius 3 is 2.62 bits per heavy atom. The predicted molar refractivity (Wildman–Crippen MR) is 133 cm³/mol. The molecule has 8 heteroatoms. The standard InChI is InChI=1S/C26H31N5O3/c1-34-21-8-6-20(7-9-21)30-16-14-29(15-17-30)12-3-11-27-25(32)19-5-10-22-23(18-19)28-24-4-2-13-31(24)26(22)33/h5-10,18H,2-4,11-17H2,1H3,(H,27,32). The highest BCUT2D eigenvalue weighted by Crippen LogP contribution is 2.20. The number of anilines is 1. The summed E-state index contributed by atoms with van der Waals surface area (Å²) in [7, 11) is 1.68. The van der Waals surface area contributed by atoms with E-state index in [0.29, 0.717) is 23.0 Å². The summed E-state index contributed by atoms with van der Waals surface area (Å²) < 4.78 is 6.99. The zero-order valence-electron chi connectivity index (χ0n) is 19.6. The Bertz CT molecular complexity index is 1230. The number of aromatic nitrogens is 2. The quantitative estimate of drug-likeness (QED) is 0.544. The van der Waals surface area contributed by atoms with E-state index in [9.17, 15) is 9.59 Å². The minimum Gasteiger partial charge on any atom is -0.497 e. The van der Waals surface area contributed by atoms with Crippen LogP contribution in [0.3, 0.4) is 0 Å². The van der Waals surface area contributed by atoms with Gasteiger partial charge < -0.3 is 15.0 Å². The molecule has 1 saturated heterocycles. The van der Waals surface area contributed by atoms with Crippen molar-refractivity contribution in [1.82, 2.24) is 19.8 Å². The summed E-state index contributed by atoms with van der Waals surface area (Å²) >= 11 is 0. The number of hydrogen-bond acceptors (Lipinski definition) is 6. The summed E-state index contributed by atoms with van der Waals surface area (Å²) in [5.74, 6) is 1.58. The number of methoxy groups -OCH3 is 1. The highest BCUT2D eigenvalue weighted by Gasteiger charge is 2.18. The van der Waals surface area contributed by atoms with Gasteiger partial charge in [0, 0.05) is 56.9 Å². The van der Waals surface area contributed by atoms with Crippen LogP contribution in [0, 0.1) is 0 Å². The summed E-state index contributed by atoms with van der Waals surface area (Å²) in [6.45, 7) is 6.32. The van der Waals surface area contributed by atoms with Gasteiger partial charge in [0.15, 0.2) is 0 Å². The van der Waals surface area contributed by atoms with Gasteiger partial charge in [-0.15, -0.1) is 0 Å². The number of hydrogen-bond donors (Lipinski definition) is 1. The van der Waals surface area contributed by atoms with Crippen LogP contribution in [0.15, 0.2) is 47.3 Å². The number of aryl methyl sites for hydroxylation is 1. The van der Waals surface area contributed by atoms with Gasteiger partial charge >= 0.3 is 0 Å². The summed E-state index contributed by atoms with van der Waals surface area (Å²) in [4.78, 5) is 34.7. The molecule has 0 saturated carbocycles. The summed E-state index contributed by atoms with van der Waals surface area (Å²) in [6, 6.07) is 13.4. The van der Waals surface area contributed by atoms with Crippen LogP contribution in [-0.2, 0) is 13.0 Å². The lowest BCUT2D eigenvalue weighted by Crippen LogP contribution is -2.47. The lowest BCUT2D eigenvalue weighted by atomic mass is 10.1. The molecular weight excluding hydrogens is 430 g/mol. The fourth-order valence-corrected chi connectivity index (χ4v) is 4.85. The predicted octanol–water partition coefficient (Wildman–Crippen LogP) is 2.29. The highest BCUT2D eigenvalue weighted by atomic mass is 16.5. The summed E-state index contributed by atoms with van der Waals surface area (Å²) in [6.07, 6.45) is 2.66. The lowest BCUT2D eigenvalue weighted by molar-refractivity contribution is 0.0951. The topological polar surface area (TPSA) is 79.7 Å². The molecule has 1 amide bonds. The molecule has 0 radical (unpaired) electrons. The minimum atomic E-state index is -0.117. The third-order valence-corrected chi connectivity index (χ3v) is 6.83. The average Bonchev–Trinajstić information content (AvgIpc) is 3.36. The van der Waals surface area contributed by atoms with Gasteiger partial charge in [0.05, 0.1) is 18.0 Å². The van der Waals surface area contributed by atoms with Crippen molar-refractivity contribution in [3.05, 3.63) is 64.2 Å². The molecule has 34 heavy (non-hydrogen) atoms. The second-order valence-electron chi connectivity index (χ2n) is 8.96. The number of nitrogens with one attached hydrogen (secondary N) is 1. The molecule has 1 N–H and O–H groups in total. The van der Waals surface area contributed by atoms with Gasteiger partial charge in [-0.1, -0.05) is 0 Å². The van der Waals surface area contributed by atoms with E-state index in [2.05, 4.69) is 32.2 Å². The van der Waals surface area contributed by atoms with E-state index in [0.717, 1.165) is 70.1 Å². The van der Waals surface area contributed by atoms with Crippen LogP contribution < -0.4 is 20.5 Å². The van der Waals surface area contributed by atoms with Crippen molar-refractivity contribution in [3.8, 4) is 5.75 Å². The fraction of sp³-hybridized carbons (Fsp3) is 0.423. The third kappa shape index (κ3) is 4.63. The molecule has 2 aliphatic heterocycles. The first-order valence-electron chi connectivity index (χ1n) is 12.1. The first-order valence-corrected chi connectivity index (χ1v) is 12.1. The highest BCUT2D eigenvalue weighted by molar-refractivity contribution is 5.97. The lowest BCUT2D eigenvalue weighted by Gasteiger charge is -2.36. The van der Waals surface area contributed by atoms with Crippen LogP contribution in [0.5, 0.6) is 5.75 Å². The smallest absolute Gasteiger partial charge is 0.261 e. The number of piperazine rings is 1. The SMILES string of the molecule is COc1ccc(N2CCN(CCCNC(=O)c3ccc4c(=O)n5c(nc4c3)CCC5)CC2)cc1. The van der Waals surface area contributed by atoms with E-state index in [1.807, 2.05) is 12.1 Å². The molecule has 0 atom stereocenters. The molecular formula is C26H31N5O3. The number of ether oxygens (including phenoxy) is 1. The van der Waals surface area contributed by atoms with Crippen molar-refractivity contribution in [2.24, 2.45) is 0 Å². The monoisotopic (exact) mass is 461 g/mol. The molecule has 0 bridgehead atoms. The van der Waals surface area contributed by atoms with Gasteiger partial charge in [-0.05, 0) is 61.9 Å². The van der Waals surface area contributed by atoms with Crippen LogP contribution in [0.1, 0.15) is 29.0 Å². The van der Waals surface area contributed by atoms with Gasteiger partial charge in [0.2, 0.25) is 0 Å². The number of carbonyl (C=O) groups is 1. The third-order valence-electron chi connectivity index (χ3n) is 6.83. The summed E-state index contributed by atoms with van der Waals surface area (Å²) in [5.41, 5.74) is 2.39. The number of amides is 1. The van der Waals surface area contributed by atoms with E-state index in [4.69, 9.17) is 4.74 Å². The molecule has 3 heterocycles. The number of benzene rings is 2. The van der Waals surface area contributed by atoms with E-state index in [1.165, 1.54) is 5.69 Å². The number of rotatable bonds is 7. The van der Waals surface area contributed by atoms with Gasteiger partial charge in [0.25, 0.3) is 11.5 Å². The van der Waals surface area contributed by atoms with Crippen LogP contribution in [-0.4, -0.2) is 66.7 Å². The molecule has 178 valence electrons. The maximum atomic E-state index is 12.7. The number of nitrogens with zero attached hydrogens (tertiary/aromatic N) is 4. The second-order valence-corrected chi connectivity index (χ2v) is 8.96. The van der Waals surface area contributed by atoms with Crippen LogP contribution in [0.4, 0.5) is 5.69 Å². The van der Waals surface area contributed by atoms with Crippen LogP contribution in [0.2, 0.25) is 0 Å². The van der Waals surface area contributed by atoms with E-state index in [1.54, 1.807) is 29.9 Å². The van der Waals surface area contributed by atoms with Crippen molar-refractivity contribution < 1.29 is 9.53 Å². The van der Waals surface area contributed by atoms with Gasteiger partial charge in [-0.3, -0.25) is 19.1 Å². The molecule has 2 aromatic carbocycles. The largest absolute Gasteiger partial charge is 0.497 e. The van der Waals surface area contributed by atoms with E-state index < -0.39 is 0 Å².